The van der Waals surface area contributed by atoms with Crippen LogP contribution in [0.3, 0.4) is 0 Å². The molecule has 1 saturated carbocycles. The molecule has 0 spiro atoms. The Balaban J connectivity index is 1.74. The van der Waals surface area contributed by atoms with Crippen LogP contribution in [0.4, 0.5) is 8.78 Å². The second-order valence-electron chi connectivity index (χ2n) is 6.55. The summed E-state index contributed by atoms with van der Waals surface area (Å²) in [6, 6.07) is 9.41. The number of halogens is 2. The summed E-state index contributed by atoms with van der Waals surface area (Å²) in [5.74, 6) is -4.05. The van der Waals surface area contributed by atoms with Crippen molar-refractivity contribution in [2.24, 2.45) is 0 Å². The number of hydrogen-bond acceptors (Lipinski definition) is 4. The van der Waals surface area contributed by atoms with Gasteiger partial charge in [-0.3, -0.25) is 0 Å². The van der Waals surface area contributed by atoms with Crippen molar-refractivity contribution in [1.29, 1.82) is 0 Å². The fourth-order valence-corrected chi connectivity index (χ4v) is 3.11. The van der Waals surface area contributed by atoms with Crippen LogP contribution in [0.2, 0.25) is 0 Å². The molecule has 1 aromatic carbocycles. The molecule has 1 N–H and O–H groups in total. The molecule has 27 heavy (non-hydrogen) atoms. The van der Waals surface area contributed by atoms with E-state index in [1.54, 1.807) is 24.4 Å². The number of carboxylic acids is 1. The summed E-state index contributed by atoms with van der Waals surface area (Å²) in [5, 5.41) is 8.48. The molecule has 3 rings (SSSR count). The predicted molar refractivity (Wildman–Crippen MR) is 94.9 cm³/mol. The third kappa shape index (κ3) is 5.01. The molecule has 1 aromatic heterocycles. The maximum Gasteiger partial charge on any atom is 0.329 e. The Morgan fingerprint density at radius 1 is 1.19 bits per heavy atom. The first-order valence-corrected chi connectivity index (χ1v) is 8.85. The predicted octanol–water partition coefficient (Wildman–Crippen LogP) is 4.26. The molecule has 2 aromatic rings. The van der Waals surface area contributed by atoms with Gasteiger partial charge in [-0.25, -0.2) is 9.78 Å². The highest BCUT2D eigenvalue weighted by molar-refractivity contribution is 5.69. The van der Waals surface area contributed by atoms with Crippen LogP contribution in [0.25, 0.3) is 11.1 Å². The van der Waals surface area contributed by atoms with Crippen molar-refractivity contribution < 1.29 is 28.2 Å². The lowest BCUT2D eigenvalue weighted by atomic mass is 10.0. The molecule has 144 valence electrons. The number of carbonyl (C=O) groups is 1. The Kier molecular flexibility index (Phi) is 6.01. The van der Waals surface area contributed by atoms with Gasteiger partial charge in [0.15, 0.2) is 0 Å². The van der Waals surface area contributed by atoms with Crippen LogP contribution in [0.5, 0.6) is 5.88 Å². The first-order chi connectivity index (χ1) is 13.0. The lowest BCUT2D eigenvalue weighted by Crippen LogP contribution is -2.23. The number of rotatable bonds is 8. The second-order valence-corrected chi connectivity index (χ2v) is 6.55. The van der Waals surface area contributed by atoms with Gasteiger partial charge in [-0.2, -0.15) is 8.78 Å². The van der Waals surface area contributed by atoms with Gasteiger partial charge < -0.3 is 14.6 Å². The van der Waals surface area contributed by atoms with Crippen molar-refractivity contribution in [1.82, 2.24) is 4.98 Å². The Morgan fingerprint density at radius 3 is 2.56 bits per heavy atom. The minimum Gasteiger partial charge on any atom is -0.480 e. The number of benzene rings is 1. The van der Waals surface area contributed by atoms with Gasteiger partial charge >= 0.3 is 5.97 Å². The van der Waals surface area contributed by atoms with Crippen molar-refractivity contribution >= 4 is 5.97 Å². The SMILES string of the molecule is O=C(O)COCC(F)(F)c1ccc(-c2cccnc2OC2CCCC2)cc1. The highest BCUT2D eigenvalue weighted by atomic mass is 19.3. The average Bonchev–Trinajstić information content (AvgIpc) is 3.15. The van der Waals surface area contributed by atoms with Gasteiger partial charge in [0.05, 0.1) is 0 Å². The molecule has 5 nitrogen and oxygen atoms in total. The van der Waals surface area contributed by atoms with Gasteiger partial charge in [-0.05, 0) is 43.4 Å². The summed E-state index contributed by atoms with van der Waals surface area (Å²) < 4.78 is 38.8. The van der Waals surface area contributed by atoms with Gasteiger partial charge in [0.2, 0.25) is 5.88 Å². The third-order valence-corrected chi connectivity index (χ3v) is 4.48. The van der Waals surface area contributed by atoms with Gasteiger partial charge in [0.1, 0.15) is 19.3 Å². The van der Waals surface area contributed by atoms with E-state index in [0.29, 0.717) is 5.88 Å². The first-order valence-electron chi connectivity index (χ1n) is 8.85. The molecule has 0 amide bonds. The smallest absolute Gasteiger partial charge is 0.329 e. The Hall–Kier alpha value is -2.54. The van der Waals surface area contributed by atoms with Crippen molar-refractivity contribution in [3.8, 4) is 17.0 Å². The molecule has 1 aliphatic rings. The zero-order chi connectivity index (χ0) is 19.3. The standard InChI is InChI=1S/C20H21F2NO4/c21-20(22,13-26-12-18(24)25)15-9-7-14(8-10-15)17-6-3-11-23-19(17)27-16-4-1-2-5-16/h3,6-11,16H,1-2,4-5,12-13H2,(H,24,25). The Labute approximate surface area is 156 Å². The van der Waals surface area contributed by atoms with Crippen molar-refractivity contribution in [3.63, 3.8) is 0 Å². The van der Waals surface area contributed by atoms with E-state index in [1.807, 2.05) is 6.07 Å². The second kappa shape index (κ2) is 8.43. The van der Waals surface area contributed by atoms with Crippen LogP contribution in [-0.4, -0.2) is 35.4 Å². The molecule has 0 saturated heterocycles. The van der Waals surface area contributed by atoms with E-state index in [0.717, 1.165) is 36.8 Å². The van der Waals surface area contributed by atoms with Gasteiger partial charge in [-0.15, -0.1) is 0 Å². The molecule has 0 radical (unpaired) electrons. The molecule has 0 bridgehead atoms. The number of pyridine rings is 1. The quantitative estimate of drug-likeness (QED) is 0.744. The first kappa shape index (κ1) is 19.2. The van der Waals surface area contributed by atoms with Crippen LogP contribution >= 0.6 is 0 Å². The lowest BCUT2D eigenvalue weighted by molar-refractivity contribution is -0.147. The maximum absolute atomic E-state index is 14.1. The molecular formula is C20H21F2NO4. The molecule has 0 unspecified atom stereocenters. The number of nitrogens with zero attached hydrogens (tertiary/aromatic N) is 1. The van der Waals surface area contributed by atoms with Crippen LogP contribution in [0.1, 0.15) is 31.2 Å². The van der Waals surface area contributed by atoms with Crippen LogP contribution in [0, 0.1) is 0 Å². The molecule has 0 atom stereocenters. The zero-order valence-electron chi connectivity index (χ0n) is 14.7. The molecule has 0 aliphatic heterocycles. The number of carboxylic acid groups (broad SMARTS) is 1. The molecule has 1 heterocycles. The van der Waals surface area contributed by atoms with Crippen molar-refractivity contribution in [3.05, 3.63) is 48.2 Å². The summed E-state index contributed by atoms with van der Waals surface area (Å²) in [6.45, 7) is -1.74. The molecule has 1 aliphatic carbocycles. The minimum atomic E-state index is -3.27. The van der Waals surface area contributed by atoms with Gasteiger partial charge in [0.25, 0.3) is 5.92 Å². The summed E-state index contributed by atoms with van der Waals surface area (Å²) in [7, 11) is 0. The van der Waals surface area contributed by atoms with E-state index in [-0.39, 0.29) is 11.7 Å². The normalized spacial score (nSPS) is 15.0. The third-order valence-electron chi connectivity index (χ3n) is 4.48. The Morgan fingerprint density at radius 2 is 1.89 bits per heavy atom. The minimum absolute atomic E-state index is 0.147. The van der Waals surface area contributed by atoms with Crippen molar-refractivity contribution in [2.45, 2.75) is 37.7 Å². The number of aliphatic carboxylic acids is 1. The summed E-state index contributed by atoms with van der Waals surface area (Å²) in [4.78, 5) is 14.7. The van der Waals surface area contributed by atoms with Gasteiger partial charge in [-0.1, -0.05) is 24.3 Å². The fraction of sp³-hybridized carbons (Fsp3) is 0.400. The molecular weight excluding hydrogens is 356 g/mol. The average molecular weight is 377 g/mol. The van der Waals surface area contributed by atoms with E-state index in [1.165, 1.54) is 12.1 Å². The van der Waals surface area contributed by atoms with Crippen molar-refractivity contribution in [2.75, 3.05) is 13.2 Å². The topological polar surface area (TPSA) is 68.7 Å². The number of aromatic nitrogens is 1. The van der Waals surface area contributed by atoms with E-state index >= 15 is 0 Å². The monoisotopic (exact) mass is 377 g/mol. The number of ether oxygens (including phenoxy) is 2. The highest BCUT2D eigenvalue weighted by Gasteiger charge is 2.32. The van der Waals surface area contributed by atoms with Crippen LogP contribution in [-0.2, 0) is 15.5 Å². The summed E-state index contributed by atoms with van der Waals surface area (Å²) in [6.07, 6.45) is 6.07. The largest absolute Gasteiger partial charge is 0.480 e. The van der Waals surface area contributed by atoms with E-state index < -0.39 is 25.1 Å². The molecule has 7 heteroatoms. The summed E-state index contributed by atoms with van der Waals surface area (Å²) >= 11 is 0. The van der Waals surface area contributed by atoms with Crippen LogP contribution in [0.15, 0.2) is 42.6 Å². The number of hydrogen-bond donors (Lipinski definition) is 1. The Bertz CT molecular complexity index is 774. The van der Waals surface area contributed by atoms with E-state index in [9.17, 15) is 13.6 Å². The lowest BCUT2D eigenvalue weighted by Gasteiger charge is -2.18. The fourth-order valence-electron chi connectivity index (χ4n) is 3.11. The van der Waals surface area contributed by atoms with E-state index in [4.69, 9.17) is 9.84 Å². The van der Waals surface area contributed by atoms with Gasteiger partial charge in [0, 0.05) is 17.3 Å². The van der Waals surface area contributed by atoms with E-state index in [2.05, 4.69) is 9.72 Å². The van der Waals surface area contributed by atoms with Crippen LogP contribution < -0.4 is 4.74 Å². The molecule has 1 fully saturated rings. The maximum atomic E-state index is 14.1. The zero-order valence-corrected chi connectivity index (χ0v) is 14.7. The summed E-state index contributed by atoms with van der Waals surface area (Å²) in [5.41, 5.74) is 1.24. The highest BCUT2D eigenvalue weighted by Crippen LogP contribution is 2.34. The number of alkyl halides is 2.